The number of hydrogen-bond donors (Lipinski definition) is 2. The number of amides is 1. The van der Waals surface area contributed by atoms with E-state index in [1.807, 2.05) is 32.0 Å². The molecule has 5 nitrogen and oxygen atoms in total. The summed E-state index contributed by atoms with van der Waals surface area (Å²) >= 11 is 0. The van der Waals surface area contributed by atoms with Crippen molar-refractivity contribution in [1.29, 1.82) is 0 Å². The van der Waals surface area contributed by atoms with Crippen LogP contribution in [-0.4, -0.2) is 29.0 Å². The molecule has 1 aromatic carbocycles. The molecule has 22 heavy (non-hydrogen) atoms. The summed E-state index contributed by atoms with van der Waals surface area (Å²) in [6, 6.07) is 10.2. The summed E-state index contributed by atoms with van der Waals surface area (Å²) in [5, 5.41) is 6.02. The zero-order chi connectivity index (χ0) is 15.8. The normalized spacial score (nSPS) is 10.5. The van der Waals surface area contributed by atoms with Crippen molar-refractivity contribution in [3.8, 4) is 0 Å². The molecule has 0 fully saturated rings. The van der Waals surface area contributed by atoms with Gasteiger partial charge in [0, 0.05) is 13.1 Å². The second-order valence-electron chi connectivity index (χ2n) is 5.55. The Morgan fingerprint density at radius 2 is 1.91 bits per heavy atom. The first-order valence-corrected chi connectivity index (χ1v) is 7.53. The lowest BCUT2D eigenvalue weighted by molar-refractivity contribution is 0.0943. The van der Waals surface area contributed by atoms with E-state index in [1.165, 1.54) is 11.8 Å². The molecule has 1 aromatic heterocycles. The van der Waals surface area contributed by atoms with E-state index in [4.69, 9.17) is 0 Å². The molecule has 0 aliphatic rings. The monoisotopic (exact) mass is 298 g/mol. The zero-order valence-electron chi connectivity index (χ0n) is 13.0. The van der Waals surface area contributed by atoms with Gasteiger partial charge >= 0.3 is 0 Å². The Balaban J connectivity index is 1.80. The van der Waals surface area contributed by atoms with E-state index in [-0.39, 0.29) is 5.91 Å². The van der Waals surface area contributed by atoms with Gasteiger partial charge in [0.25, 0.3) is 5.91 Å². The van der Waals surface area contributed by atoms with Gasteiger partial charge in [0.15, 0.2) is 0 Å². The average molecular weight is 298 g/mol. The number of rotatable bonds is 7. The smallest absolute Gasteiger partial charge is 0.271 e. The predicted molar refractivity (Wildman–Crippen MR) is 87.8 cm³/mol. The van der Waals surface area contributed by atoms with Crippen LogP contribution in [0.3, 0.4) is 0 Å². The highest BCUT2D eigenvalue weighted by Gasteiger charge is 2.08. The van der Waals surface area contributed by atoms with Crippen LogP contribution in [0.25, 0.3) is 0 Å². The fourth-order valence-corrected chi connectivity index (χ4v) is 1.90. The molecule has 0 saturated carbocycles. The molecule has 0 aliphatic heterocycles. The van der Waals surface area contributed by atoms with Gasteiger partial charge in [0.2, 0.25) is 0 Å². The fraction of sp³-hybridized carbons (Fsp3) is 0.353. The number of benzene rings is 1. The van der Waals surface area contributed by atoms with Crippen LogP contribution < -0.4 is 10.6 Å². The second-order valence-corrected chi connectivity index (χ2v) is 5.55. The van der Waals surface area contributed by atoms with Gasteiger partial charge in [-0.05, 0) is 17.9 Å². The van der Waals surface area contributed by atoms with Crippen LogP contribution >= 0.6 is 0 Å². The number of aromatic nitrogens is 2. The highest BCUT2D eigenvalue weighted by molar-refractivity contribution is 5.91. The third-order valence-electron chi connectivity index (χ3n) is 3.12. The van der Waals surface area contributed by atoms with E-state index in [0.29, 0.717) is 24.0 Å². The molecule has 2 rings (SSSR count). The van der Waals surface area contributed by atoms with Gasteiger partial charge in [-0.1, -0.05) is 44.2 Å². The quantitative estimate of drug-likeness (QED) is 0.824. The Kier molecular flexibility index (Phi) is 5.89. The number of anilines is 1. The van der Waals surface area contributed by atoms with Crippen LogP contribution in [0.4, 0.5) is 5.82 Å². The molecule has 0 saturated heterocycles. The van der Waals surface area contributed by atoms with Crippen LogP contribution in [0.5, 0.6) is 0 Å². The summed E-state index contributed by atoms with van der Waals surface area (Å²) in [5.74, 6) is 0.907. The molecule has 2 N–H and O–H groups in total. The van der Waals surface area contributed by atoms with Crippen LogP contribution in [0.1, 0.15) is 29.9 Å². The number of nitrogens with zero attached hydrogens (tertiary/aromatic N) is 2. The van der Waals surface area contributed by atoms with Crippen LogP contribution in [0.15, 0.2) is 42.7 Å². The average Bonchev–Trinajstić information content (AvgIpc) is 2.54. The van der Waals surface area contributed by atoms with Crippen molar-refractivity contribution in [1.82, 2.24) is 15.3 Å². The van der Waals surface area contributed by atoms with Gasteiger partial charge < -0.3 is 10.6 Å². The largest absolute Gasteiger partial charge is 0.368 e. The minimum absolute atomic E-state index is 0.183. The lowest BCUT2D eigenvalue weighted by Gasteiger charge is -2.08. The molecule has 0 spiro atoms. The molecule has 5 heteroatoms. The highest BCUT2D eigenvalue weighted by Crippen LogP contribution is 2.04. The highest BCUT2D eigenvalue weighted by atomic mass is 16.1. The Hall–Kier alpha value is -2.43. The van der Waals surface area contributed by atoms with Gasteiger partial charge in [-0.2, -0.15) is 0 Å². The first-order valence-electron chi connectivity index (χ1n) is 7.53. The second kappa shape index (κ2) is 8.12. The van der Waals surface area contributed by atoms with Crippen molar-refractivity contribution in [2.24, 2.45) is 5.92 Å². The Morgan fingerprint density at radius 1 is 1.14 bits per heavy atom. The van der Waals surface area contributed by atoms with Crippen molar-refractivity contribution in [3.63, 3.8) is 0 Å². The Morgan fingerprint density at radius 3 is 2.55 bits per heavy atom. The van der Waals surface area contributed by atoms with Crippen molar-refractivity contribution in [3.05, 3.63) is 54.0 Å². The van der Waals surface area contributed by atoms with Crippen LogP contribution in [-0.2, 0) is 6.42 Å². The van der Waals surface area contributed by atoms with Crippen molar-refractivity contribution in [2.45, 2.75) is 20.3 Å². The van der Waals surface area contributed by atoms with Gasteiger partial charge in [-0.25, -0.2) is 9.97 Å². The molecular formula is C17H22N4O. The molecular weight excluding hydrogens is 276 g/mol. The zero-order valence-corrected chi connectivity index (χ0v) is 13.0. The van der Waals surface area contributed by atoms with E-state index >= 15 is 0 Å². The molecule has 0 unspecified atom stereocenters. The third kappa shape index (κ3) is 5.16. The first kappa shape index (κ1) is 15.9. The lowest BCUT2D eigenvalue weighted by atomic mass is 10.1. The number of carbonyl (C=O) groups is 1. The standard InChI is InChI=1S/C17H22N4O/c1-13(2)10-21-17(22)15-11-20-16(12-19-15)18-9-8-14-6-4-3-5-7-14/h3-7,11-13H,8-10H2,1-2H3,(H,18,20)(H,21,22). The Bertz CT molecular complexity index is 581. The molecule has 1 heterocycles. The van der Waals surface area contributed by atoms with Crippen LogP contribution in [0, 0.1) is 5.92 Å². The van der Waals surface area contributed by atoms with E-state index in [1.54, 1.807) is 6.20 Å². The topological polar surface area (TPSA) is 66.9 Å². The maximum Gasteiger partial charge on any atom is 0.271 e. The summed E-state index contributed by atoms with van der Waals surface area (Å²) < 4.78 is 0. The number of carbonyl (C=O) groups excluding carboxylic acids is 1. The summed E-state index contributed by atoms with van der Waals surface area (Å²) in [5.41, 5.74) is 1.61. The first-order chi connectivity index (χ1) is 10.6. The summed E-state index contributed by atoms with van der Waals surface area (Å²) in [4.78, 5) is 20.2. The number of hydrogen-bond acceptors (Lipinski definition) is 4. The molecule has 0 atom stereocenters. The SMILES string of the molecule is CC(C)CNC(=O)c1cnc(NCCc2ccccc2)cn1. The molecule has 2 aromatic rings. The molecule has 116 valence electrons. The molecule has 1 amide bonds. The minimum atomic E-state index is -0.183. The maximum atomic E-state index is 11.8. The summed E-state index contributed by atoms with van der Waals surface area (Å²) in [6.45, 7) is 5.51. The lowest BCUT2D eigenvalue weighted by Crippen LogP contribution is -2.28. The third-order valence-corrected chi connectivity index (χ3v) is 3.12. The van der Waals surface area contributed by atoms with Crippen LogP contribution in [0.2, 0.25) is 0 Å². The summed E-state index contributed by atoms with van der Waals surface area (Å²) in [7, 11) is 0. The van der Waals surface area contributed by atoms with E-state index in [9.17, 15) is 4.79 Å². The summed E-state index contributed by atoms with van der Waals surface area (Å²) in [6.07, 6.45) is 4.01. The number of nitrogens with one attached hydrogen (secondary N) is 2. The van der Waals surface area contributed by atoms with Gasteiger partial charge in [-0.15, -0.1) is 0 Å². The van der Waals surface area contributed by atoms with E-state index in [0.717, 1.165) is 13.0 Å². The van der Waals surface area contributed by atoms with Gasteiger partial charge in [0.05, 0.1) is 12.4 Å². The van der Waals surface area contributed by atoms with Crippen molar-refractivity contribution >= 4 is 11.7 Å². The van der Waals surface area contributed by atoms with Crippen molar-refractivity contribution in [2.75, 3.05) is 18.4 Å². The van der Waals surface area contributed by atoms with Gasteiger partial charge in [-0.3, -0.25) is 4.79 Å². The maximum absolute atomic E-state index is 11.8. The molecule has 0 radical (unpaired) electrons. The fourth-order valence-electron chi connectivity index (χ4n) is 1.90. The minimum Gasteiger partial charge on any atom is -0.368 e. The van der Waals surface area contributed by atoms with E-state index in [2.05, 4.69) is 32.7 Å². The predicted octanol–water partition coefficient (Wildman–Crippen LogP) is 2.52. The molecule has 0 aliphatic carbocycles. The van der Waals surface area contributed by atoms with E-state index < -0.39 is 0 Å². The van der Waals surface area contributed by atoms with Gasteiger partial charge in [0.1, 0.15) is 11.5 Å². The molecule has 0 bridgehead atoms. The van der Waals surface area contributed by atoms with Crippen molar-refractivity contribution < 1.29 is 4.79 Å². The Labute approximate surface area is 131 Å².